The zero-order valence-corrected chi connectivity index (χ0v) is 12.6. The lowest BCUT2D eigenvalue weighted by atomic mass is 10.3. The van der Waals surface area contributed by atoms with Gasteiger partial charge in [-0.05, 0) is 37.0 Å². The van der Waals surface area contributed by atoms with Crippen LogP contribution in [0, 0.1) is 4.77 Å². The van der Waals surface area contributed by atoms with Crippen LogP contribution in [0.1, 0.15) is 19.4 Å². The predicted octanol–water partition coefficient (Wildman–Crippen LogP) is 1.73. The van der Waals surface area contributed by atoms with Crippen molar-refractivity contribution < 1.29 is 9.90 Å². The Morgan fingerprint density at radius 2 is 2.50 bits per heavy atom. The number of rotatable bonds is 6. The molecule has 6 nitrogen and oxygen atoms in total. The summed E-state index contributed by atoms with van der Waals surface area (Å²) < 4.78 is 2.12. The first-order valence-electron chi connectivity index (χ1n) is 6.24. The van der Waals surface area contributed by atoms with Crippen molar-refractivity contribution >= 4 is 29.5 Å². The Bertz CT molecular complexity index is 618. The molecule has 3 N–H and O–H groups in total. The number of aromatic amines is 1. The molecule has 0 aliphatic rings. The molecule has 1 amide bonds. The largest absolute Gasteiger partial charge is 0.396 e. The maximum atomic E-state index is 12.1. The molecule has 20 heavy (non-hydrogen) atoms. The second-order valence-electron chi connectivity index (χ2n) is 4.24. The molecule has 0 unspecified atom stereocenters. The van der Waals surface area contributed by atoms with Gasteiger partial charge in [0.25, 0.3) is 0 Å². The quantitative estimate of drug-likeness (QED) is 0.560. The number of hydrogen-bond donors (Lipinski definition) is 3. The van der Waals surface area contributed by atoms with E-state index in [4.69, 9.17) is 17.3 Å². The third-order valence-corrected chi connectivity index (χ3v) is 4.00. The van der Waals surface area contributed by atoms with E-state index in [0.29, 0.717) is 23.6 Å². The van der Waals surface area contributed by atoms with Crippen molar-refractivity contribution in [2.24, 2.45) is 0 Å². The number of aliphatic hydroxyl groups is 1. The zero-order chi connectivity index (χ0) is 14.5. The van der Waals surface area contributed by atoms with E-state index in [1.54, 1.807) is 11.5 Å². The van der Waals surface area contributed by atoms with Gasteiger partial charge >= 0.3 is 0 Å². The van der Waals surface area contributed by atoms with Gasteiger partial charge in [-0.2, -0.15) is 5.10 Å². The highest BCUT2D eigenvalue weighted by Crippen LogP contribution is 2.25. The van der Waals surface area contributed by atoms with Gasteiger partial charge in [-0.3, -0.25) is 14.5 Å². The van der Waals surface area contributed by atoms with Crippen molar-refractivity contribution in [1.29, 1.82) is 0 Å². The van der Waals surface area contributed by atoms with Crippen molar-refractivity contribution in [2.45, 2.75) is 19.4 Å². The third-order valence-electron chi connectivity index (χ3n) is 2.85. The van der Waals surface area contributed by atoms with Gasteiger partial charge < -0.3 is 10.4 Å². The first-order valence-corrected chi connectivity index (χ1v) is 7.53. The molecule has 0 saturated heterocycles. The van der Waals surface area contributed by atoms with Gasteiger partial charge in [0.1, 0.15) is 6.04 Å². The Kier molecular flexibility index (Phi) is 5.05. The van der Waals surface area contributed by atoms with Crippen molar-refractivity contribution in [1.82, 2.24) is 20.1 Å². The lowest BCUT2D eigenvalue weighted by molar-refractivity contribution is -0.123. The normalized spacial score (nSPS) is 12.3. The Morgan fingerprint density at radius 1 is 1.70 bits per heavy atom. The number of thiophene rings is 1. The van der Waals surface area contributed by atoms with Crippen molar-refractivity contribution in [2.75, 3.05) is 13.2 Å². The summed E-state index contributed by atoms with van der Waals surface area (Å²) in [6.07, 6.45) is 0.535. The van der Waals surface area contributed by atoms with Crippen LogP contribution < -0.4 is 5.32 Å². The Morgan fingerprint density at radius 3 is 3.15 bits per heavy atom. The van der Waals surface area contributed by atoms with Crippen molar-refractivity contribution in [3.05, 3.63) is 22.3 Å². The highest BCUT2D eigenvalue weighted by molar-refractivity contribution is 7.71. The molecule has 0 saturated carbocycles. The molecule has 108 valence electrons. The van der Waals surface area contributed by atoms with Crippen LogP contribution in [0.2, 0.25) is 0 Å². The minimum Gasteiger partial charge on any atom is -0.396 e. The summed E-state index contributed by atoms with van der Waals surface area (Å²) in [4.78, 5) is 13.0. The molecule has 0 radical (unpaired) electrons. The van der Waals surface area contributed by atoms with E-state index < -0.39 is 6.04 Å². The number of amides is 1. The maximum Gasteiger partial charge on any atom is 0.242 e. The van der Waals surface area contributed by atoms with Gasteiger partial charge in [0.15, 0.2) is 10.6 Å². The number of nitrogens with zero attached hydrogens (tertiary/aromatic N) is 2. The summed E-state index contributed by atoms with van der Waals surface area (Å²) in [5.41, 5.74) is 0. The fraction of sp³-hybridized carbons (Fsp3) is 0.417. The van der Waals surface area contributed by atoms with Crippen LogP contribution in [-0.2, 0) is 4.79 Å². The number of hydrogen-bond acceptors (Lipinski definition) is 5. The van der Waals surface area contributed by atoms with Crippen molar-refractivity contribution in [3.8, 4) is 10.7 Å². The van der Waals surface area contributed by atoms with Crippen LogP contribution >= 0.6 is 23.6 Å². The van der Waals surface area contributed by atoms with Gasteiger partial charge in [-0.25, -0.2) is 0 Å². The Hall–Kier alpha value is -1.51. The Labute approximate surface area is 125 Å². The van der Waals surface area contributed by atoms with Crippen LogP contribution in [0.5, 0.6) is 0 Å². The van der Waals surface area contributed by atoms with Gasteiger partial charge in [0.05, 0.1) is 4.88 Å². The smallest absolute Gasteiger partial charge is 0.242 e. The molecule has 0 aliphatic heterocycles. The lowest BCUT2D eigenvalue weighted by Crippen LogP contribution is -2.32. The number of aliphatic hydroxyl groups excluding tert-OH is 1. The number of nitrogens with one attached hydrogen (secondary N) is 2. The van der Waals surface area contributed by atoms with Gasteiger partial charge in [0.2, 0.25) is 5.91 Å². The zero-order valence-electron chi connectivity index (χ0n) is 11.0. The highest BCUT2D eigenvalue weighted by Gasteiger charge is 2.20. The van der Waals surface area contributed by atoms with Crippen LogP contribution in [0.25, 0.3) is 10.7 Å². The first kappa shape index (κ1) is 14.9. The van der Waals surface area contributed by atoms with E-state index in [9.17, 15) is 4.79 Å². The van der Waals surface area contributed by atoms with Gasteiger partial charge in [-0.15, -0.1) is 11.3 Å². The molecule has 0 fully saturated rings. The molecule has 2 aromatic heterocycles. The average molecular weight is 312 g/mol. The van der Waals surface area contributed by atoms with E-state index in [1.807, 2.05) is 17.5 Å². The highest BCUT2D eigenvalue weighted by atomic mass is 32.1. The molecule has 2 heterocycles. The fourth-order valence-electron chi connectivity index (χ4n) is 1.80. The fourth-order valence-corrected chi connectivity index (χ4v) is 2.80. The number of carbonyl (C=O) groups is 1. The number of H-pyrrole nitrogens is 1. The van der Waals surface area contributed by atoms with E-state index in [0.717, 1.165) is 4.88 Å². The van der Waals surface area contributed by atoms with Crippen LogP contribution in [0.3, 0.4) is 0 Å². The van der Waals surface area contributed by atoms with Gasteiger partial charge in [-0.1, -0.05) is 6.07 Å². The SMILES string of the molecule is C[C@@H](C(=O)NCCCO)n1c(-c2cccs2)n[nH]c1=S. The summed E-state index contributed by atoms with van der Waals surface area (Å²) in [6, 6.07) is 3.40. The van der Waals surface area contributed by atoms with Crippen LogP contribution in [0.15, 0.2) is 17.5 Å². The first-order chi connectivity index (χ1) is 9.65. The van der Waals surface area contributed by atoms with Gasteiger partial charge in [0, 0.05) is 13.2 Å². The summed E-state index contributed by atoms with van der Waals surface area (Å²) in [5, 5.41) is 20.4. The summed E-state index contributed by atoms with van der Waals surface area (Å²) in [7, 11) is 0. The van der Waals surface area contributed by atoms with E-state index in [2.05, 4.69) is 15.5 Å². The molecule has 0 aromatic carbocycles. The molecule has 8 heteroatoms. The minimum absolute atomic E-state index is 0.0558. The minimum atomic E-state index is -0.461. The van der Waals surface area contributed by atoms with Crippen LogP contribution in [-0.4, -0.2) is 38.9 Å². The third kappa shape index (κ3) is 3.14. The monoisotopic (exact) mass is 312 g/mol. The molecular weight excluding hydrogens is 296 g/mol. The number of carbonyl (C=O) groups excluding carboxylic acids is 1. The second-order valence-corrected chi connectivity index (χ2v) is 5.58. The molecule has 0 aliphatic carbocycles. The standard InChI is InChI=1S/C12H16N4O2S2/c1-8(11(18)13-5-3-6-17)16-10(14-15-12(16)19)9-4-2-7-20-9/h2,4,7-8,17H,3,5-6H2,1H3,(H,13,18)(H,15,19)/t8-/m0/s1. The predicted molar refractivity (Wildman–Crippen MR) is 80.1 cm³/mol. The van der Waals surface area contributed by atoms with Crippen molar-refractivity contribution in [3.63, 3.8) is 0 Å². The molecule has 1 atom stereocenters. The molecule has 0 spiro atoms. The molecule has 0 bridgehead atoms. The summed E-state index contributed by atoms with van der Waals surface area (Å²) in [5.74, 6) is 0.517. The Balaban J connectivity index is 2.22. The lowest BCUT2D eigenvalue weighted by Gasteiger charge is -2.14. The molecule has 2 aromatic rings. The van der Waals surface area contributed by atoms with E-state index in [1.165, 1.54) is 11.3 Å². The summed E-state index contributed by atoms with van der Waals surface area (Å²) >= 11 is 6.75. The number of aromatic nitrogens is 3. The maximum absolute atomic E-state index is 12.1. The average Bonchev–Trinajstić information content (AvgIpc) is 3.07. The van der Waals surface area contributed by atoms with Crippen LogP contribution in [0.4, 0.5) is 0 Å². The van der Waals surface area contributed by atoms with E-state index in [-0.39, 0.29) is 12.5 Å². The topological polar surface area (TPSA) is 82.9 Å². The van der Waals surface area contributed by atoms with E-state index >= 15 is 0 Å². The molecule has 2 rings (SSSR count). The molecular formula is C12H16N4O2S2. The summed E-state index contributed by atoms with van der Waals surface area (Å²) in [6.45, 7) is 2.27. The second kappa shape index (κ2) is 6.78.